The highest BCUT2D eigenvalue weighted by Gasteiger charge is 2.10. The van der Waals surface area contributed by atoms with Crippen LogP contribution < -0.4 is 9.47 Å². The van der Waals surface area contributed by atoms with Gasteiger partial charge in [-0.2, -0.15) is 0 Å². The number of ketones is 1. The SMILES string of the molecule is CC[C@H](C)Oc1ccc(C(C)=O)cc1OC. The first kappa shape index (κ1) is 12.6. The number of methoxy groups -OCH3 is 1. The molecule has 88 valence electrons. The molecule has 0 saturated heterocycles. The van der Waals surface area contributed by atoms with Crippen LogP contribution in [-0.2, 0) is 0 Å². The van der Waals surface area contributed by atoms with Gasteiger partial charge < -0.3 is 9.47 Å². The third kappa shape index (κ3) is 2.99. The summed E-state index contributed by atoms with van der Waals surface area (Å²) in [6.45, 7) is 5.59. The van der Waals surface area contributed by atoms with Crippen molar-refractivity contribution in [2.75, 3.05) is 7.11 Å². The van der Waals surface area contributed by atoms with Crippen molar-refractivity contribution in [2.45, 2.75) is 33.3 Å². The van der Waals surface area contributed by atoms with Gasteiger partial charge in [0.15, 0.2) is 17.3 Å². The summed E-state index contributed by atoms with van der Waals surface area (Å²) in [6.07, 6.45) is 1.06. The lowest BCUT2D eigenvalue weighted by molar-refractivity contribution is 0.101. The van der Waals surface area contributed by atoms with Gasteiger partial charge in [-0.05, 0) is 38.5 Å². The van der Waals surface area contributed by atoms with Crippen LogP contribution in [0.3, 0.4) is 0 Å². The highest BCUT2D eigenvalue weighted by atomic mass is 16.5. The summed E-state index contributed by atoms with van der Waals surface area (Å²) < 4.78 is 10.9. The molecule has 16 heavy (non-hydrogen) atoms. The zero-order valence-corrected chi connectivity index (χ0v) is 10.2. The Hall–Kier alpha value is -1.51. The highest BCUT2D eigenvalue weighted by Crippen LogP contribution is 2.29. The Kier molecular flexibility index (Phi) is 4.35. The van der Waals surface area contributed by atoms with Gasteiger partial charge >= 0.3 is 0 Å². The molecule has 0 spiro atoms. The van der Waals surface area contributed by atoms with Crippen LogP contribution in [0, 0.1) is 0 Å². The minimum absolute atomic E-state index is 0.0217. The van der Waals surface area contributed by atoms with Crippen molar-refractivity contribution in [1.29, 1.82) is 0 Å². The lowest BCUT2D eigenvalue weighted by Gasteiger charge is -2.15. The molecule has 0 aromatic heterocycles. The summed E-state index contributed by atoms with van der Waals surface area (Å²) in [5.74, 6) is 1.31. The first-order chi connectivity index (χ1) is 7.58. The molecule has 0 unspecified atom stereocenters. The van der Waals surface area contributed by atoms with Gasteiger partial charge in [-0.1, -0.05) is 6.92 Å². The van der Waals surface area contributed by atoms with Gasteiger partial charge in [-0.25, -0.2) is 0 Å². The zero-order chi connectivity index (χ0) is 12.1. The van der Waals surface area contributed by atoms with Gasteiger partial charge in [0.2, 0.25) is 0 Å². The van der Waals surface area contributed by atoms with Gasteiger partial charge in [0, 0.05) is 5.56 Å². The van der Waals surface area contributed by atoms with E-state index in [-0.39, 0.29) is 11.9 Å². The van der Waals surface area contributed by atoms with E-state index in [0.717, 1.165) is 6.42 Å². The molecule has 1 atom stereocenters. The summed E-state index contributed by atoms with van der Waals surface area (Å²) in [4.78, 5) is 11.2. The van der Waals surface area contributed by atoms with E-state index in [9.17, 15) is 4.79 Å². The van der Waals surface area contributed by atoms with E-state index in [2.05, 4.69) is 6.92 Å². The summed E-state index contributed by atoms with van der Waals surface area (Å²) in [5.41, 5.74) is 0.633. The van der Waals surface area contributed by atoms with E-state index < -0.39 is 0 Å². The Labute approximate surface area is 96.4 Å². The molecule has 0 bridgehead atoms. The molecule has 0 aliphatic carbocycles. The van der Waals surface area contributed by atoms with Gasteiger partial charge in [0.05, 0.1) is 13.2 Å². The van der Waals surface area contributed by atoms with Crippen LogP contribution in [0.15, 0.2) is 18.2 Å². The summed E-state index contributed by atoms with van der Waals surface area (Å²) in [7, 11) is 1.57. The van der Waals surface area contributed by atoms with Crippen LogP contribution in [0.1, 0.15) is 37.6 Å². The van der Waals surface area contributed by atoms with E-state index in [1.807, 2.05) is 6.92 Å². The molecule has 0 amide bonds. The van der Waals surface area contributed by atoms with Crippen LogP contribution in [0.4, 0.5) is 0 Å². The van der Waals surface area contributed by atoms with Crippen molar-refractivity contribution in [3.63, 3.8) is 0 Å². The predicted octanol–water partition coefficient (Wildman–Crippen LogP) is 3.08. The Morgan fingerprint density at radius 2 is 2.06 bits per heavy atom. The van der Waals surface area contributed by atoms with Crippen molar-refractivity contribution in [2.24, 2.45) is 0 Å². The Morgan fingerprint density at radius 3 is 2.56 bits per heavy atom. The number of carbonyl (C=O) groups excluding carboxylic acids is 1. The maximum atomic E-state index is 11.2. The van der Waals surface area contributed by atoms with Crippen molar-refractivity contribution in [1.82, 2.24) is 0 Å². The molecule has 1 rings (SSSR count). The second kappa shape index (κ2) is 5.54. The second-order valence-corrected chi connectivity index (χ2v) is 3.76. The van der Waals surface area contributed by atoms with Crippen molar-refractivity contribution in [3.8, 4) is 11.5 Å². The summed E-state index contributed by atoms with van der Waals surface area (Å²) >= 11 is 0. The maximum absolute atomic E-state index is 11.2. The quantitative estimate of drug-likeness (QED) is 0.718. The molecule has 0 radical (unpaired) electrons. The van der Waals surface area contributed by atoms with Gasteiger partial charge in [-0.3, -0.25) is 4.79 Å². The summed E-state index contributed by atoms with van der Waals surface area (Å²) in [6, 6.07) is 5.24. The molecular weight excluding hydrogens is 204 g/mol. The Bertz CT molecular complexity index is 371. The average Bonchev–Trinajstić information content (AvgIpc) is 2.29. The number of Topliss-reactive ketones (excluding diaryl/α,β-unsaturated/α-hetero) is 1. The molecule has 1 aromatic rings. The fourth-order valence-corrected chi connectivity index (χ4v) is 1.28. The largest absolute Gasteiger partial charge is 0.493 e. The fourth-order valence-electron chi connectivity index (χ4n) is 1.28. The van der Waals surface area contributed by atoms with Crippen molar-refractivity contribution >= 4 is 5.78 Å². The molecule has 0 aliphatic heterocycles. The van der Waals surface area contributed by atoms with Crippen LogP contribution in [-0.4, -0.2) is 19.0 Å². The predicted molar refractivity (Wildman–Crippen MR) is 63.4 cm³/mol. The maximum Gasteiger partial charge on any atom is 0.161 e. The van der Waals surface area contributed by atoms with E-state index >= 15 is 0 Å². The van der Waals surface area contributed by atoms with E-state index in [4.69, 9.17) is 9.47 Å². The minimum atomic E-state index is 0.0217. The lowest BCUT2D eigenvalue weighted by Crippen LogP contribution is -2.10. The molecule has 1 aromatic carbocycles. The smallest absolute Gasteiger partial charge is 0.161 e. The molecule has 0 saturated carbocycles. The second-order valence-electron chi connectivity index (χ2n) is 3.76. The molecular formula is C13H18O3. The summed E-state index contributed by atoms with van der Waals surface area (Å²) in [5, 5.41) is 0. The molecule has 0 aliphatic rings. The number of benzene rings is 1. The Balaban J connectivity index is 2.97. The molecule has 0 fully saturated rings. The van der Waals surface area contributed by atoms with E-state index in [1.165, 1.54) is 6.92 Å². The lowest BCUT2D eigenvalue weighted by atomic mass is 10.1. The number of hydrogen-bond acceptors (Lipinski definition) is 3. The number of rotatable bonds is 5. The third-order valence-corrected chi connectivity index (χ3v) is 2.47. The molecule has 0 N–H and O–H groups in total. The number of carbonyl (C=O) groups is 1. The topological polar surface area (TPSA) is 35.5 Å². The molecule has 3 heteroatoms. The van der Waals surface area contributed by atoms with Gasteiger partial charge in [0.1, 0.15) is 0 Å². The van der Waals surface area contributed by atoms with Crippen LogP contribution >= 0.6 is 0 Å². The first-order valence-electron chi connectivity index (χ1n) is 5.44. The highest BCUT2D eigenvalue weighted by molar-refractivity contribution is 5.94. The average molecular weight is 222 g/mol. The normalized spacial score (nSPS) is 12.0. The molecule has 0 heterocycles. The third-order valence-electron chi connectivity index (χ3n) is 2.47. The molecule has 3 nitrogen and oxygen atoms in total. The van der Waals surface area contributed by atoms with Crippen LogP contribution in [0.5, 0.6) is 11.5 Å². The first-order valence-corrected chi connectivity index (χ1v) is 5.44. The number of ether oxygens (including phenoxy) is 2. The number of hydrogen-bond donors (Lipinski definition) is 0. The monoisotopic (exact) mass is 222 g/mol. The standard InChI is InChI=1S/C13H18O3/c1-5-9(2)16-12-7-6-11(10(3)14)8-13(12)15-4/h6-9H,5H2,1-4H3/t9-/m0/s1. The van der Waals surface area contributed by atoms with Crippen LogP contribution in [0.2, 0.25) is 0 Å². The zero-order valence-electron chi connectivity index (χ0n) is 10.2. The fraction of sp³-hybridized carbons (Fsp3) is 0.462. The van der Waals surface area contributed by atoms with Gasteiger partial charge in [-0.15, -0.1) is 0 Å². The van der Waals surface area contributed by atoms with E-state index in [0.29, 0.717) is 17.1 Å². The van der Waals surface area contributed by atoms with E-state index in [1.54, 1.807) is 25.3 Å². The minimum Gasteiger partial charge on any atom is -0.493 e. The van der Waals surface area contributed by atoms with Crippen molar-refractivity contribution < 1.29 is 14.3 Å². The van der Waals surface area contributed by atoms with Crippen LogP contribution in [0.25, 0.3) is 0 Å². The van der Waals surface area contributed by atoms with Crippen molar-refractivity contribution in [3.05, 3.63) is 23.8 Å². The van der Waals surface area contributed by atoms with Gasteiger partial charge in [0.25, 0.3) is 0 Å². The Morgan fingerprint density at radius 1 is 1.38 bits per heavy atom.